The summed E-state index contributed by atoms with van der Waals surface area (Å²) in [6.45, 7) is 6.69. The number of hydrogen-bond donors (Lipinski definition) is 1. The van der Waals surface area contributed by atoms with E-state index in [1.54, 1.807) is 7.11 Å². The predicted octanol–water partition coefficient (Wildman–Crippen LogP) is 5.92. The first-order valence-corrected chi connectivity index (χ1v) is 12.2. The third kappa shape index (κ3) is 5.65. The number of fused-ring (bicyclic) bond motifs is 1. The number of benzene rings is 2. The highest BCUT2D eigenvalue weighted by Crippen LogP contribution is 2.31. The molecule has 0 unspecified atom stereocenters. The number of aryl methyl sites for hydroxylation is 1. The number of carbonyl (C=O) groups is 1. The van der Waals surface area contributed by atoms with Crippen molar-refractivity contribution in [3.8, 4) is 33.9 Å². The Hall–Kier alpha value is -3.80. The minimum atomic E-state index is 0.0477. The predicted molar refractivity (Wildman–Crippen MR) is 140 cm³/mol. The van der Waals surface area contributed by atoms with Crippen LogP contribution in [0.4, 0.5) is 0 Å². The molecule has 0 fully saturated rings. The van der Waals surface area contributed by atoms with Crippen molar-refractivity contribution >= 4 is 11.6 Å². The molecule has 1 amide bonds. The lowest BCUT2D eigenvalue weighted by Gasteiger charge is -2.12. The van der Waals surface area contributed by atoms with Crippen LogP contribution in [-0.4, -0.2) is 35.1 Å². The molecule has 2 aromatic carbocycles. The van der Waals surface area contributed by atoms with Crippen LogP contribution in [-0.2, 0) is 11.2 Å². The van der Waals surface area contributed by atoms with Gasteiger partial charge in [-0.25, -0.2) is 4.98 Å². The molecule has 6 nitrogen and oxygen atoms in total. The fourth-order valence-electron chi connectivity index (χ4n) is 4.12. The van der Waals surface area contributed by atoms with E-state index < -0.39 is 0 Å². The van der Waals surface area contributed by atoms with E-state index in [9.17, 15) is 4.79 Å². The Morgan fingerprint density at radius 3 is 2.49 bits per heavy atom. The van der Waals surface area contributed by atoms with Crippen LogP contribution in [0.5, 0.6) is 11.5 Å². The summed E-state index contributed by atoms with van der Waals surface area (Å²) in [5.41, 5.74) is 5.78. The lowest BCUT2D eigenvalue weighted by molar-refractivity contribution is -0.121. The summed E-state index contributed by atoms with van der Waals surface area (Å²) in [5, 5.41) is 3.07. The Kier molecular flexibility index (Phi) is 7.70. The molecule has 4 aromatic rings. The molecule has 0 spiro atoms. The van der Waals surface area contributed by atoms with E-state index in [-0.39, 0.29) is 11.9 Å². The average Bonchev–Trinajstić information content (AvgIpc) is 3.25. The molecular weight excluding hydrogens is 438 g/mol. The zero-order valence-electron chi connectivity index (χ0n) is 20.9. The maximum absolute atomic E-state index is 12.6. The van der Waals surface area contributed by atoms with Gasteiger partial charge in [0.2, 0.25) is 5.91 Å². The molecule has 6 heteroatoms. The van der Waals surface area contributed by atoms with Crippen molar-refractivity contribution in [2.75, 3.05) is 13.7 Å². The van der Waals surface area contributed by atoms with E-state index in [1.165, 1.54) is 0 Å². The summed E-state index contributed by atoms with van der Waals surface area (Å²) < 4.78 is 13.2. The number of pyridine rings is 1. The van der Waals surface area contributed by atoms with Gasteiger partial charge in [0.05, 0.1) is 25.1 Å². The van der Waals surface area contributed by atoms with Crippen molar-refractivity contribution in [2.24, 2.45) is 0 Å². The van der Waals surface area contributed by atoms with Crippen LogP contribution >= 0.6 is 0 Å². The average molecular weight is 472 g/mol. The van der Waals surface area contributed by atoms with Crippen molar-refractivity contribution in [3.05, 3.63) is 72.6 Å². The molecule has 0 aliphatic carbocycles. The Morgan fingerprint density at radius 2 is 1.74 bits per heavy atom. The van der Waals surface area contributed by atoms with Crippen LogP contribution in [0.3, 0.4) is 0 Å². The van der Waals surface area contributed by atoms with Crippen LogP contribution in [0, 0.1) is 0 Å². The molecular formula is C29H33N3O3. The summed E-state index contributed by atoms with van der Waals surface area (Å²) >= 11 is 0. The Balaban J connectivity index is 1.77. The monoisotopic (exact) mass is 471 g/mol. The van der Waals surface area contributed by atoms with E-state index in [0.29, 0.717) is 19.4 Å². The summed E-state index contributed by atoms with van der Waals surface area (Å²) in [7, 11) is 1.66. The van der Waals surface area contributed by atoms with E-state index in [4.69, 9.17) is 14.5 Å². The van der Waals surface area contributed by atoms with Crippen LogP contribution in [0.15, 0.2) is 66.9 Å². The number of hydrogen-bond acceptors (Lipinski definition) is 4. The first-order valence-electron chi connectivity index (χ1n) is 12.2. The van der Waals surface area contributed by atoms with Gasteiger partial charge in [-0.1, -0.05) is 31.2 Å². The summed E-state index contributed by atoms with van der Waals surface area (Å²) in [5.74, 6) is 1.66. The molecule has 4 rings (SSSR count). The molecule has 0 aliphatic rings. The highest BCUT2D eigenvalue weighted by molar-refractivity contribution is 5.77. The molecule has 0 radical (unpaired) electrons. The van der Waals surface area contributed by atoms with Crippen LogP contribution in [0.25, 0.3) is 28.0 Å². The van der Waals surface area contributed by atoms with Crippen molar-refractivity contribution < 1.29 is 14.3 Å². The first-order chi connectivity index (χ1) is 17.0. The van der Waals surface area contributed by atoms with Crippen molar-refractivity contribution in [1.82, 2.24) is 14.7 Å². The Morgan fingerprint density at radius 1 is 1.00 bits per heavy atom. The highest BCUT2D eigenvalue weighted by atomic mass is 16.5. The molecule has 1 N–H and O–H groups in total. The van der Waals surface area contributed by atoms with E-state index in [2.05, 4.69) is 35.0 Å². The minimum Gasteiger partial charge on any atom is -0.497 e. The number of rotatable bonds is 10. The summed E-state index contributed by atoms with van der Waals surface area (Å²) in [6, 6.07) is 20.2. The number of ether oxygens (including phenoxy) is 2. The van der Waals surface area contributed by atoms with Crippen LogP contribution < -0.4 is 14.8 Å². The van der Waals surface area contributed by atoms with Gasteiger partial charge in [-0.2, -0.15) is 0 Å². The van der Waals surface area contributed by atoms with Gasteiger partial charge in [0, 0.05) is 24.2 Å². The van der Waals surface area contributed by atoms with Gasteiger partial charge in [-0.15, -0.1) is 0 Å². The Labute approximate surface area is 206 Å². The zero-order chi connectivity index (χ0) is 24.8. The van der Waals surface area contributed by atoms with E-state index in [1.807, 2.05) is 62.4 Å². The number of methoxy groups -OCH3 is 1. The second-order valence-electron chi connectivity index (χ2n) is 8.62. The molecule has 1 atom stereocenters. The number of imidazole rings is 1. The normalized spacial score (nSPS) is 11.9. The minimum absolute atomic E-state index is 0.0477. The van der Waals surface area contributed by atoms with E-state index in [0.717, 1.165) is 51.6 Å². The second-order valence-corrected chi connectivity index (χ2v) is 8.62. The smallest absolute Gasteiger partial charge is 0.220 e. The van der Waals surface area contributed by atoms with Gasteiger partial charge in [-0.05, 0) is 74.2 Å². The second kappa shape index (κ2) is 11.1. The Bertz CT molecular complexity index is 1310. The fraction of sp³-hybridized carbons (Fsp3) is 0.310. The molecule has 0 saturated carbocycles. The zero-order valence-corrected chi connectivity index (χ0v) is 20.9. The van der Waals surface area contributed by atoms with E-state index >= 15 is 0 Å². The molecule has 182 valence electrons. The maximum Gasteiger partial charge on any atom is 0.220 e. The third-order valence-electron chi connectivity index (χ3n) is 6.15. The first kappa shape index (κ1) is 24.3. The quantitative estimate of drug-likeness (QED) is 0.312. The SMILES string of the molecule is CCOc1cccc(-c2ccc3nc(-c4cccc(OC)c4)c(CCC(=O)N[C@@H](C)CC)n3c2)c1. The number of nitrogens with zero attached hydrogens (tertiary/aromatic N) is 2. The van der Waals surface area contributed by atoms with Gasteiger partial charge in [0.15, 0.2) is 0 Å². The standard InChI is InChI=1S/C29H33N3O3/c1-5-20(3)30-28(33)16-14-26-29(22-10-8-11-24(18-22)34-4)31-27-15-13-23(19-32(26)27)21-9-7-12-25(17-21)35-6-2/h7-13,15,17-20H,5-6,14,16H2,1-4H3,(H,30,33)/t20-/m0/s1. The number of amides is 1. The lowest BCUT2D eigenvalue weighted by atomic mass is 10.1. The van der Waals surface area contributed by atoms with Crippen molar-refractivity contribution in [3.63, 3.8) is 0 Å². The summed E-state index contributed by atoms with van der Waals surface area (Å²) in [4.78, 5) is 17.6. The largest absolute Gasteiger partial charge is 0.497 e. The number of carbonyl (C=O) groups excluding carboxylic acids is 1. The molecule has 0 aliphatic heterocycles. The number of nitrogens with one attached hydrogen (secondary N) is 1. The van der Waals surface area contributed by atoms with Gasteiger partial charge >= 0.3 is 0 Å². The van der Waals surface area contributed by atoms with Crippen LogP contribution in [0.1, 0.15) is 39.3 Å². The molecule has 0 bridgehead atoms. The van der Waals surface area contributed by atoms with Gasteiger partial charge in [-0.3, -0.25) is 4.79 Å². The van der Waals surface area contributed by atoms with Crippen LogP contribution in [0.2, 0.25) is 0 Å². The molecule has 35 heavy (non-hydrogen) atoms. The van der Waals surface area contributed by atoms with Crippen molar-refractivity contribution in [1.29, 1.82) is 0 Å². The number of aromatic nitrogens is 2. The summed E-state index contributed by atoms with van der Waals surface area (Å²) in [6.07, 6.45) is 3.96. The van der Waals surface area contributed by atoms with Gasteiger partial charge in [0.25, 0.3) is 0 Å². The lowest BCUT2D eigenvalue weighted by Crippen LogP contribution is -2.32. The molecule has 0 saturated heterocycles. The fourth-order valence-corrected chi connectivity index (χ4v) is 4.12. The van der Waals surface area contributed by atoms with Gasteiger partial charge in [0.1, 0.15) is 17.1 Å². The highest BCUT2D eigenvalue weighted by Gasteiger charge is 2.17. The maximum atomic E-state index is 12.6. The topological polar surface area (TPSA) is 64.9 Å². The third-order valence-corrected chi connectivity index (χ3v) is 6.15. The van der Waals surface area contributed by atoms with Crippen molar-refractivity contribution in [2.45, 2.75) is 46.1 Å². The van der Waals surface area contributed by atoms with Gasteiger partial charge < -0.3 is 19.2 Å². The molecule has 2 aromatic heterocycles. The molecule has 2 heterocycles.